The summed E-state index contributed by atoms with van der Waals surface area (Å²) in [6, 6.07) is 13.0. The number of carboxylic acid groups (broad SMARTS) is 1. The predicted molar refractivity (Wildman–Crippen MR) is 155 cm³/mol. The summed E-state index contributed by atoms with van der Waals surface area (Å²) < 4.78 is 42.5. The molecule has 2 aliphatic rings. The van der Waals surface area contributed by atoms with E-state index in [9.17, 15) is 27.9 Å². The second-order valence-corrected chi connectivity index (χ2v) is 11.2. The first-order valence-corrected chi connectivity index (χ1v) is 14.5. The van der Waals surface area contributed by atoms with Crippen molar-refractivity contribution >= 4 is 34.9 Å². The summed E-state index contributed by atoms with van der Waals surface area (Å²) in [6.07, 6.45) is -1.63. The molecule has 2 saturated heterocycles. The van der Waals surface area contributed by atoms with Crippen molar-refractivity contribution in [1.82, 2.24) is 14.7 Å². The number of benzene rings is 2. The van der Waals surface area contributed by atoms with Crippen molar-refractivity contribution < 1.29 is 27.9 Å². The Balaban J connectivity index is 1.36. The third kappa shape index (κ3) is 6.21. The van der Waals surface area contributed by atoms with E-state index in [0.717, 1.165) is 52.9 Å². The molecule has 224 valence electrons. The smallest absolute Gasteiger partial charge is 0.433 e. The first kappa shape index (κ1) is 29.8. The van der Waals surface area contributed by atoms with Crippen LogP contribution in [0.1, 0.15) is 54.7 Å². The maximum atomic E-state index is 13.9. The van der Waals surface area contributed by atoms with Crippen LogP contribution in [0.3, 0.4) is 0 Å². The van der Waals surface area contributed by atoms with E-state index < -0.39 is 29.4 Å². The highest BCUT2D eigenvalue weighted by molar-refractivity contribution is 6.31. The Morgan fingerprint density at radius 3 is 2.38 bits per heavy atom. The van der Waals surface area contributed by atoms with Crippen molar-refractivity contribution in [3.8, 4) is 11.1 Å². The van der Waals surface area contributed by atoms with E-state index in [2.05, 4.69) is 10.00 Å². The highest BCUT2D eigenvalue weighted by atomic mass is 35.5. The number of rotatable bonds is 7. The Labute approximate surface area is 247 Å². The van der Waals surface area contributed by atoms with E-state index in [0.29, 0.717) is 43.9 Å². The van der Waals surface area contributed by atoms with Gasteiger partial charge < -0.3 is 19.8 Å². The molecule has 0 bridgehead atoms. The minimum Gasteiger partial charge on any atom is -0.478 e. The van der Waals surface area contributed by atoms with Gasteiger partial charge in [-0.05, 0) is 49.1 Å². The highest BCUT2D eigenvalue weighted by Crippen LogP contribution is 2.39. The van der Waals surface area contributed by atoms with Crippen molar-refractivity contribution in [1.29, 1.82) is 0 Å². The fourth-order valence-corrected chi connectivity index (χ4v) is 6.07. The van der Waals surface area contributed by atoms with E-state index in [4.69, 9.17) is 11.6 Å². The molecule has 2 fully saturated rings. The van der Waals surface area contributed by atoms with Gasteiger partial charge in [0.25, 0.3) is 0 Å². The van der Waals surface area contributed by atoms with Gasteiger partial charge in [0.05, 0.1) is 12.2 Å². The molecule has 3 heterocycles. The van der Waals surface area contributed by atoms with Crippen LogP contribution >= 0.6 is 11.6 Å². The lowest BCUT2D eigenvalue weighted by Gasteiger charge is -2.37. The van der Waals surface area contributed by atoms with Gasteiger partial charge in [0.2, 0.25) is 5.91 Å². The van der Waals surface area contributed by atoms with Gasteiger partial charge >= 0.3 is 12.1 Å². The van der Waals surface area contributed by atoms with Crippen LogP contribution in [-0.2, 0) is 11.0 Å². The lowest BCUT2D eigenvalue weighted by molar-refractivity contribution is -0.145. The number of hydrogen-bond acceptors (Lipinski definition) is 5. The minimum absolute atomic E-state index is 0.201. The van der Waals surface area contributed by atoms with Crippen LogP contribution in [0.4, 0.5) is 24.5 Å². The van der Waals surface area contributed by atoms with E-state index in [-0.39, 0.29) is 12.5 Å². The average Bonchev–Trinajstić information content (AvgIpc) is 3.45. The van der Waals surface area contributed by atoms with Gasteiger partial charge in [-0.2, -0.15) is 18.3 Å². The average molecular weight is 604 g/mol. The predicted octanol–water partition coefficient (Wildman–Crippen LogP) is 6.21. The Bertz CT molecular complexity index is 1430. The van der Waals surface area contributed by atoms with Gasteiger partial charge in [0.15, 0.2) is 5.69 Å². The van der Waals surface area contributed by atoms with E-state index in [1.165, 1.54) is 0 Å². The van der Waals surface area contributed by atoms with Crippen LogP contribution in [0.15, 0.2) is 48.7 Å². The fourth-order valence-electron chi connectivity index (χ4n) is 5.90. The summed E-state index contributed by atoms with van der Waals surface area (Å²) in [7, 11) is 0. The molecule has 1 amide bonds. The minimum atomic E-state index is -4.85. The summed E-state index contributed by atoms with van der Waals surface area (Å²) in [5.74, 6) is -1.46. The molecule has 12 heteroatoms. The van der Waals surface area contributed by atoms with Gasteiger partial charge in [0.1, 0.15) is 5.56 Å². The molecule has 2 aromatic carbocycles. The van der Waals surface area contributed by atoms with Gasteiger partial charge in [-0.15, -0.1) is 0 Å². The molecule has 0 spiro atoms. The molecule has 42 heavy (non-hydrogen) atoms. The van der Waals surface area contributed by atoms with Crippen molar-refractivity contribution in [3.05, 3.63) is 64.9 Å². The zero-order valence-corrected chi connectivity index (χ0v) is 24.0. The number of hydrogen-bond donors (Lipinski definition) is 1. The lowest BCUT2D eigenvalue weighted by atomic mass is 9.99. The third-order valence-corrected chi connectivity index (χ3v) is 8.21. The van der Waals surface area contributed by atoms with Crippen LogP contribution in [0.5, 0.6) is 0 Å². The first-order valence-electron chi connectivity index (χ1n) is 14.1. The van der Waals surface area contributed by atoms with Gasteiger partial charge in [-0.1, -0.05) is 36.7 Å². The monoisotopic (exact) mass is 603 g/mol. The molecule has 0 saturated carbocycles. The number of nitrogens with zero attached hydrogens (tertiary/aromatic N) is 5. The maximum absolute atomic E-state index is 13.9. The Morgan fingerprint density at radius 1 is 1.02 bits per heavy atom. The number of carbonyl (C=O) groups is 2. The molecule has 8 nitrogen and oxygen atoms in total. The van der Waals surface area contributed by atoms with Crippen LogP contribution < -0.4 is 9.80 Å². The van der Waals surface area contributed by atoms with Crippen molar-refractivity contribution in [2.24, 2.45) is 0 Å². The molecule has 1 aromatic heterocycles. The largest absolute Gasteiger partial charge is 0.478 e. The summed E-state index contributed by atoms with van der Waals surface area (Å²) in [5, 5.41) is 13.7. The van der Waals surface area contributed by atoms with Gasteiger partial charge in [0, 0.05) is 67.7 Å². The number of amides is 1. The van der Waals surface area contributed by atoms with Crippen molar-refractivity contribution in [3.63, 3.8) is 0 Å². The number of aromatic carboxylic acids is 1. The number of alkyl halides is 3. The highest BCUT2D eigenvalue weighted by Gasteiger charge is 2.42. The number of anilines is 2. The van der Waals surface area contributed by atoms with Crippen LogP contribution in [0, 0.1) is 0 Å². The normalized spacial score (nSPS) is 17.9. The number of piperazine rings is 1. The van der Waals surface area contributed by atoms with E-state index in [1.807, 2.05) is 53.1 Å². The maximum Gasteiger partial charge on any atom is 0.433 e. The fraction of sp³-hybridized carbons (Fsp3) is 0.433. The topological polar surface area (TPSA) is 81.9 Å². The third-order valence-electron chi connectivity index (χ3n) is 7.98. The number of halogens is 4. The standard InChI is InChI=1S/C30H33ClF3N5O3/c1-2-4-27(40)37-15-13-36(14-16-37)22-9-6-20(7-10-22)24-11-8-21(31)17-26(24)38-12-3-5-23(19-38)39-28(30(32,33)34)25(18-35-39)29(41)42/h6-11,17-18,23H,2-5,12-16,19H2,1H3,(H,41,42). The summed E-state index contributed by atoms with van der Waals surface area (Å²) in [6.45, 7) is 5.73. The molecule has 5 rings (SSSR count). The molecular formula is C30H33ClF3N5O3. The molecule has 1 atom stereocenters. The second-order valence-electron chi connectivity index (χ2n) is 10.7. The van der Waals surface area contributed by atoms with Crippen LogP contribution in [-0.4, -0.2) is 70.9 Å². The molecular weight excluding hydrogens is 571 g/mol. The Kier molecular flexibility index (Phi) is 8.68. The molecule has 2 aliphatic heterocycles. The van der Waals surface area contributed by atoms with Crippen molar-refractivity contribution in [2.45, 2.75) is 44.8 Å². The summed E-state index contributed by atoms with van der Waals surface area (Å²) in [4.78, 5) is 29.9. The van der Waals surface area contributed by atoms with Crippen LogP contribution in [0.2, 0.25) is 5.02 Å². The number of carbonyl (C=O) groups excluding carboxylic acids is 1. The molecule has 0 aliphatic carbocycles. The molecule has 0 radical (unpaired) electrons. The van der Waals surface area contributed by atoms with Gasteiger partial charge in [-0.25, -0.2) is 4.79 Å². The summed E-state index contributed by atoms with van der Waals surface area (Å²) >= 11 is 6.39. The van der Waals surface area contributed by atoms with E-state index in [1.54, 1.807) is 6.07 Å². The molecule has 1 unspecified atom stereocenters. The zero-order valence-electron chi connectivity index (χ0n) is 23.3. The zero-order chi connectivity index (χ0) is 30.0. The Hall–Kier alpha value is -3.73. The van der Waals surface area contributed by atoms with Crippen molar-refractivity contribution in [2.75, 3.05) is 49.1 Å². The lowest BCUT2D eigenvalue weighted by Crippen LogP contribution is -2.48. The number of carboxylic acids is 1. The first-order chi connectivity index (χ1) is 20.1. The molecule has 1 N–H and O–H groups in total. The second kappa shape index (κ2) is 12.2. The Morgan fingerprint density at radius 2 is 1.74 bits per heavy atom. The SMILES string of the molecule is CCCC(=O)N1CCN(c2ccc(-c3ccc(Cl)cc3N3CCCC(n4ncc(C(=O)O)c4C(F)(F)F)C3)cc2)CC1. The number of aromatic nitrogens is 2. The number of piperidine rings is 1. The van der Waals surface area contributed by atoms with Gasteiger partial charge in [-0.3, -0.25) is 9.48 Å². The van der Waals surface area contributed by atoms with Crippen LogP contribution in [0.25, 0.3) is 11.1 Å². The molecule has 3 aromatic rings. The van der Waals surface area contributed by atoms with E-state index >= 15 is 0 Å². The quantitative estimate of drug-likeness (QED) is 0.346. The summed E-state index contributed by atoms with van der Waals surface area (Å²) in [5.41, 5.74) is 1.60.